The van der Waals surface area contributed by atoms with Crippen LogP contribution in [0, 0.1) is 12.3 Å². The van der Waals surface area contributed by atoms with Gasteiger partial charge in [-0.15, -0.1) is 0 Å². The van der Waals surface area contributed by atoms with E-state index in [4.69, 9.17) is 15.2 Å². The molecule has 2 fully saturated rings. The molecule has 15 heteroatoms. The fourth-order valence-electron chi connectivity index (χ4n) is 6.61. The number of nitrogens with one attached hydrogen (secondary N) is 1. The number of carbonyl (C=O) groups excluding carboxylic acids is 1. The molecule has 1 spiro atoms. The molecule has 0 saturated carbocycles. The zero-order chi connectivity index (χ0) is 36.3. The number of rotatable bonds is 10. The third kappa shape index (κ3) is 8.14. The van der Waals surface area contributed by atoms with Gasteiger partial charge in [0.25, 0.3) is 0 Å². The minimum Gasteiger partial charge on any atom is -0.480 e. The summed E-state index contributed by atoms with van der Waals surface area (Å²) in [5.74, 6) is -1.63. The average Bonchev–Trinajstić information content (AvgIpc) is 3.72. The van der Waals surface area contributed by atoms with Crippen molar-refractivity contribution in [1.29, 1.82) is 0 Å². The predicted molar refractivity (Wildman–Crippen MR) is 183 cm³/mol. The number of nitrogens with two attached hydrogens (primary N) is 1. The van der Waals surface area contributed by atoms with Crippen LogP contribution in [0.4, 0.5) is 24.9 Å². The number of hydrogen-bond donors (Lipinski definition) is 3. The molecule has 0 bridgehead atoms. The topological polar surface area (TPSA) is 158 Å². The Labute approximate surface area is 292 Å². The summed E-state index contributed by atoms with van der Waals surface area (Å²) in [5.41, 5.74) is 8.26. The zero-order valence-corrected chi connectivity index (χ0v) is 28.1. The number of carbonyl (C=O) groups is 2. The number of carboxylic acids is 1. The number of anilines is 2. The minimum atomic E-state index is -4.88. The van der Waals surface area contributed by atoms with E-state index in [0.717, 1.165) is 0 Å². The SMILES string of the molecule is CCOC(=O)/C=C/c1ccc(-c2ccc(-n3ccc(C)n3)c(C(Oc3cc(N4CCC5(CC4)CNC(C(=O)O)C5)nc(N)n3)C(F)(F)F)c2)cc1. The summed E-state index contributed by atoms with van der Waals surface area (Å²) in [6.07, 6.45) is -1.01. The number of halogens is 3. The van der Waals surface area contributed by atoms with Gasteiger partial charge in [-0.3, -0.25) is 4.79 Å². The van der Waals surface area contributed by atoms with Crippen LogP contribution >= 0.6 is 0 Å². The Hall–Kier alpha value is -5.44. The zero-order valence-electron chi connectivity index (χ0n) is 28.1. The van der Waals surface area contributed by atoms with Gasteiger partial charge in [0.05, 0.1) is 18.0 Å². The van der Waals surface area contributed by atoms with E-state index in [1.165, 1.54) is 22.9 Å². The molecule has 4 aromatic rings. The monoisotopic (exact) mass is 705 g/mol. The van der Waals surface area contributed by atoms with E-state index >= 15 is 13.2 Å². The van der Waals surface area contributed by atoms with Gasteiger partial charge in [0.1, 0.15) is 11.9 Å². The fraction of sp³-hybridized carbons (Fsp3) is 0.361. The summed E-state index contributed by atoms with van der Waals surface area (Å²) in [7, 11) is 0. The number of aliphatic carboxylic acids is 1. The lowest BCUT2D eigenvalue weighted by Gasteiger charge is -2.39. The molecular formula is C36H38F3N7O5. The molecule has 6 rings (SSSR count). The molecule has 268 valence electrons. The number of piperidine rings is 1. The lowest BCUT2D eigenvalue weighted by atomic mass is 9.76. The number of esters is 1. The van der Waals surface area contributed by atoms with Crippen molar-refractivity contribution < 1.29 is 37.3 Å². The van der Waals surface area contributed by atoms with Crippen molar-refractivity contribution in [3.63, 3.8) is 0 Å². The number of hydrogen-bond acceptors (Lipinski definition) is 10. The van der Waals surface area contributed by atoms with Crippen LogP contribution in [-0.4, -0.2) is 75.3 Å². The number of ether oxygens (including phenoxy) is 2. The largest absolute Gasteiger partial charge is 0.480 e. The highest BCUT2D eigenvalue weighted by molar-refractivity contribution is 5.87. The van der Waals surface area contributed by atoms with Crippen molar-refractivity contribution in [1.82, 2.24) is 25.1 Å². The van der Waals surface area contributed by atoms with Gasteiger partial charge in [-0.1, -0.05) is 30.3 Å². The van der Waals surface area contributed by atoms with Gasteiger partial charge < -0.3 is 30.5 Å². The quantitative estimate of drug-likeness (QED) is 0.141. The second-order valence-corrected chi connectivity index (χ2v) is 12.8. The Kier molecular flexibility index (Phi) is 10.0. The molecule has 0 amide bonds. The summed E-state index contributed by atoms with van der Waals surface area (Å²) < 4.78 is 57.2. The first-order valence-corrected chi connectivity index (χ1v) is 16.5. The van der Waals surface area contributed by atoms with Crippen molar-refractivity contribution in [2.45, 2.75) is 51.4 Å². The molecule has 2 atom stereocenters. The van der Waals surface area contributed by atoms with Crippen LogP contribution in [0.5, 0.6) is 5.88 Å². The fourth-order valence-corrected chi connectivity index (χ4v) is 6.61. The van der Waals surface area contributed by atoms with Gasteiger partial charge in [-0.2, -0.15) is 28.2 Å². The first-order valence-electron chi connectivity index (χ1n) is 16.5. The molecule has 2 aliphatic heterocycles. The third-order valence-corrected chi connectivity index (χ3v) is 9.27. The molecule has 2 aliphatic rings. The number of nitrogens with zero attached hydrogens (tertiary/aromatic N) is 5. The number of nitrogen functional groups attached to an aromatic ring is 1. The standard InChI is InChI=1S/C36H38F3N7O5/c1-3-50-31(47)11-6-23-4-7-24(8-5-23)25-9-10-28(46-15-12-22(2)44-46)26(18-25)32(36(37,38)39)51-30-19-29(42-34(40)43-30)45-16-13-35(14-17-45)20-27(33(48)49)41-21-35/h4-12,15,18-19,27,32,41H,3,13-14,16-17,20-21H2,1-2H3,(H,48,49)(H2,40,42,43)/b11-6+. The summed E-state index contributed by atoms with van der Waals surface area (Å²) >= 11 is 0. The first-order chi connectivity index (χ1) is 24.3. The Morgan fingerprint density at radius 2 is 1.82 bits per heavy atom. The van der Waals surface area contributed by atoms with Crippen molar-refractivity contribution in [3.05, 3.63) is 83.7 Å². The number of aromatic nitrogens is 4. The summed E-state index contributed by atoms with van der Waals surface area (Å²) in [6.45, 7) is 5.30. The molecule has 2 saturated heterocycles. The number of carboxylic acid groups (broad SMARTS) is 1. The third-order valence-electron chi connectivity index (χ3n) is 9.27. The van der Waals surface area contributed by atoms with E-state index in [-0.39, 0.29) is 35.1 Å². The molecule has 0 aliphatic carbocycles. The van der Waals surface area contributed by atoms with Gasteiger partial charge in [-0.25, -0.2) is 9.48 Å². The van der Waals surface area contributed by atoms with Crippen molar-refractivity contribution >= 4 is 29.8 Å². The van der Waals surface area contributed by atoms with Crippen LogP contribution in [0.25, 0.3) is 22.9 Å². The highest BCUT2D eigenvalue weighted by atomic mass is 19.4. The van der Waals surface area contributed by atoms with Crippen LogP contribution in [0.1, 0.15) is 49.1 Å². The molecule has 12 nitrogen and oxygen atoms in total. The van der Waals surface area contributed by atoms with E-state index < -0.39 is 30.3 Å². The van der Waals surface area contributed by atoms with Crippen LogP contribution in [0.2, 0.25) is 0 Å². The molecule has 4 heterocycles. The Balaban J connectivity index is 1.30. The highest BCUT2D eigenvalue weighted by Gasteiger charge is 2.46. The summed E-state index contributed by atoms with van der Waals surface area (Å²) in [4.78, 5) is 33.4. The molecular weight excluding hydrogens is 667 g/mol. The van der Waals surface area contributed by atoms with E-state index in [0.29, 0.717) is 67.1 Å². The van der Waals surface area contributed by atoms with Gasteiger partial charge in [0, 0.05) is 43.5 Å². The van der Waals surface area contributed by atoms with Gasteiger partial charge in [0.2, 0.25) is 17.9 Å². The predicted octanol–water partition coefficient (Wildman–Crippen LogP) is 5.51. The van der Waals surface area contributed by atoms with Crippen molar-refractivity contribution in [3.8, 4) is 22.7 Å². The lowest BCUT2D eigenvalue weighted by Crippen LogP contribution is -2.41. The molecule has 0 radical (unpaired) electrons. The Morgan fingerprint density at radius 1 is 1.10 bits per heavy atom. The Bertz CT molecular complexity index is 1920. The van der Waals surface area contributed by atoms with Crippen molar-refractivity contribution in [2.75, 3.05) is 36.9 Å². The maximum absolute atomic E-state index is 15.1. The second kappa shape index (κ2) is 14.4. The summed E-state index contributed by atoms with van der Waals surface area (Å²) in [6, 6.07) is 14.1. The number of benzene rings is 2. The normalized spacial score (nSPS) is 17.9. The van der Waals surface area contributed by atoms with Crippen LogP contribution in [0.15, 0.2) is 66.9 Å². The van der Waals surface area contributed by atoms with Crippen molar-refractivity contribution in [2.24, 2.45) is 5.41 Å². The lowest BCUT2D eigenvalue weighted by molar-refractivity contribution is -0.198. The minimum absolute atomic E-state index is 0.164. The van der Waals surface area contributed by atoms with E-state index in [1.807, 2.05) is 4.90 Å². The van der Waals surface area contributed by atoms with Crippen LogP contribution < -0.4 is 20.7 Å². The van der Waals surface area contributed by atoms with Gasteiger partial charge in [0.15, 0.2) is 0 Å². The van der Waals surface area contributed by atoms with E-state index in [1.54, 1.807) is 68.6 Å². The molecule has 2 unspecified atom stereocenters. The molecule has 4 N–H and O–H groups in total. The smallest absolute Gasteiger partial charge is 0.429 e. The molecule has 2 aromatic heterocycles. The van der Waals surface area contributed by atoms with E-state index in [2.05, 4.69) is 20.4 Å². The first kappa shape index (κ1) is 35.4. The van der Waals surface area contributed by atoms with Crippen LogP contribution in [0.3, 0.4) is 0 Å². The maximum Gasteiger partial charge on any atom is 0.429 e. The van der Waals surface area contributed by atoms with Gasteiger partial charge >= 0.3 is 18.1 Å². The molecule has 2 aromatic carbocycles. The highest BCUT2D eigenvalue weighted by Crippen LogP contribution is 2.43. The second-order valence-electron chi connectivity index (χ2n) is 12.8. The average molecular weight is 706 g/mol. The number of alkyl halides is 3. The number of aryl methyl sites for hydroxylation is 1. The van der Waals surface area contributed by atoms with Gasteiger partial charge in [-0.05, 0) is 79.5 Å². The summed E-state index contributed by atoms with van der Waals surface area (Å²) in [5, 5.41) is 16.9. The maximum atomic E-state index is 15.1. The Morgan fingerprint density at radius 3 is 2.45 bits per heavy atom. The van der Waals surface area contributed by atoms with E-state index in [9.17, 15) is 14.7 Å². The van der Waals surface area contributed by atoms with Crippen LogP contribution in [-0.2, 0) is 14.3 Å². The molecule has 51 heavy (non-hydrogen) atoms.